The molecule has 124 valence electrons. The van der Waals surface area contributed by atoms with Gasteiger partial charge < -0.3 is 19.6 Å². The topological polar surface area (TPSA) is 70.1 Å². The summed E-state index contributed by atoms with van der Waals surface area (Å²) in [5.74, 6) is -0.321. The van der Waals surface area contributed by atoms with Crippen LogP contribution in [0.1, 0.15) is 5.56 Å². The summed E-state index contributed by atoms with van der Waals surface area (Å²) >= 11 is 5.88. The highest BCUT2D eigenvalue weighted by atomic mass is 35.5. The van der Waals surface area contributed by atoms with Crippen LogP contribution in [0.4, 0.5) is 0 Å². The van der Waals surface area contributed by atoms with Crippen LogP contribution in [0.3, 0.4) is 0 Å². The number of carbonyl (C=O) groups is 2. The van der Waals surface area contributed by atoms with Crippen LogP contribution in [0.2, 0.25) is 5.02 Å². The van der Waals surface area contributed by atoms with E-state index in [1.165, 1.54) is 6.07 Å². The number of rotatable bonds is 2. The number of hydrogen-bond acceptors (Lipinski definition) is 4. The van der Waals surface area contributed by atoms with Gasteiger partial charge in [0.25, 0.3) is 0 Å². The van der Waals surface area contributed by atoms with Gasteiger partial charge in [0.2, 0.25) is 11.8 Å². The van der Waals surface area contributed by atoms with Crippen molar-refractivity contribution in [3.8, 4) is 5.75 Å². The Hall–Kier alpha value is -1.79. The number of phenols is 1. The number of nitrogens with zero attached hydrogens (tertiary/aromatic N) is 2. The molecule has 2 aliphatic heterocycles. The molecule has 0 radical (unpaired) electrons. The van der Waals surface area contributed by atoms with Gasteiger partial charge in [-0.05, 0) is 17.7 Å². The van der Waals surface area contributed by atoms with Gasteiger partial charge in [0.1, 0.15) is 5.75 Å². The largest absolute Gasteiger partial charge is 0.506 e. The number of fused-ring (bicyclic) bond motifs is 3. The van der Waals surface area contributed by atoms with E-state index in [0.717, 1.165) is 5.56 Å². The summed E-state index contributed by atoms with van der Waals surface area (Å²) in [4.78, 5) is 28.3. The lowest BCUT2D eigenvalue weighted by Gasteiger charge is -2.29. The second-order valence-electron chi connectivity index (χ2n) is 6.10. The molecule has 2 aliphatic rings. The molecule has 2 saturated heterocycles. The number of likely N-dealkylation sites (N-methyl/N-ethyl adjacent to an activating group) is 1. The van der Waals surface area contributed by atoms with Crippen LogP contribution in [-0.4, -0.2) is 66.1 Å². The zero-order chi connectivity index (χ0) is 16.6. The molecular weight excluding hydrogens is 320 g/mol. The van der Waals surface area contributed by atoms with Crippen molar-refractivity contribution in [3.05, 3.63) is 28.8 Å². The third-order valence-electron chi connectivity index (χ3n) is 4.47. The normalized spacial score (nSPS) is 24.5. The maximum absolute atomic E-state index is 12.6. The average molecular weight is 339 g/mol. The van der Waals surface area contributed by atoms with E-state index in [1.807, 2.05) is 0 Å². The molecule has 0 saturated carbocycles. The first kappa shape index (κ1) is 16.1. The Morgan fingerprint density at radius 2 is 2.17 bits per heavy atom. The SMILES string of the molecule is CN1C(=O)[C@H]2COC[C@@H]1CN(C(=O)Cc1ccc(O)c(Cl)c1)C2. The van der Waals surface area contributed by atoms with E-state index in [9.17, 15) is 14.7 Å². The number of halogens is 1. The Morgan fingerprint density at radius 1 is 1.39 bits per heavy atom. The van der Waals surface area contributed by atoms with E-state index in [4.69, 9.17) is 16.3 Å². The molecule has 2 fully saturated rings. The summed E-state index contributed by atoms with van der Waals surface area (Å²) in [5.41, 5.74) is 0.739. The Labute approximate surface area is 139 Å². The predicted molar refractivity (Wildman–Crippen MR) is 84.3 cm³/mol. The molecule has 2 heterocycles. The first-order chi connectivity index (χ1) is 11.0. The summed E-state index contributed by atoms with van der Waals surface area (Å²) < 4.78 is 5.53. The van der Waals surface area contributed by atoms with Crippen molar-refractivity contribution in [2.24, 2.45) is 5.92 Å². The number of ether oxygens (including phenoxy) is 1. The Kier molecular flexibility index (Phi) is 4.46. The zero-order valence-corrected chi connectivity index (χ0v) is 13.6. The standard InChI is InChI=1S/C16H19ClN2O4/c1-18-12-7-19(6-11(16(18)22)8-23-9-12)15(21)5-10-2-3-14(20)13(17)4-10/h2-4,11-12,20H,5-9H2,1H3/t11-,12+/m1/s1. The summed E-state index contributed by atoms with van der Waals surface area (Å²) in [6.45, 7) is 1.66. The molecule has 2 amide bonds. The molecule has 0 aromatic heterocycles. The monoisotopic (exact) mass is 338 g/mol. The van der Waals surface area contributed by atoms with Crippen molar-refractivity contribution < 1.29 is 19.4 Å². The fraction of sp³-hybridized carbons (Fsp3) is 0.500. The molecule has 0 spiro atoms. The molecular formula is C16H19ClN2O4. The number of hydrogen-bond donors (Lipinski definition) is 1. The highest BCUT2D eigenvalue weighted by Gasteiger charge is 2.38. The lowest BCUT2D eigenvalue weighted by atomic mass is 10.1. The molecule has 23 heavy (non-hydrogen) atoms. The third-order valence-corrected chi connectivity index (χ3v) is 4.77. The minimum atomic E-state index is -0.306. The van der Waals surface area contributed by atoms with Gasteiger partial charge in [0.05, 0.1) is 36.6 Å². The predicted octanol–water partition coefficient (Wildman–Crippen LogP) is 0.904. The minimum absolute atomic E-state index is 0.00320. The highest BCUT2D eigenvalue weighted by molar-refractivity contribution is 6.32. The maximum atomic E-state index is 12.6. The van der Waals surface area contributed by atoms with Gasteiger partial charge in [-0.25, -0.2) is 0 Å². The first-order valence-electron chi connectivity index (χ1n) is 7.55. The highest BCUT2D eigenvalue weighted by Crippen LogP contribution is 2.25. The zero-order valence-electron chi connectivity index (χ0n) is 12.9. The fourth-order valence-corrected chi connectivity index (χ4v) is 3.25. The summed E-state index contributed by atoms with van der Waals surface area (Å²) in [6.07, 6.45) is 0.193. The molecule has 1 N–H and O–H groups in total. The maximum Gasteiger partial charge on any atom is 0.229 e. The fourth-order valence-electron chi connectivity index (χ4n) is 3.05. The summed E-state index contributed by atoms with van der Waals surface area (Å²) in [7, 11) is 1.77. The first-order valence-corrected chi connectivity index (χ1v) is 7.93. The molecule has 2 atom stereocenters. The van der Waals surface area contributed by atoms with E-state index in [-0.39, 0.29) is 41.0 Å². The van der Waals surface area contributed by atoms with Gasteiger partial charge in [0.15, 0.2) is 0 Å². The summed E-state index contributed by atoms with van der Waals surface area (Å²) in [5, 5.41) is 9.67. The number of carbonyl (C=O) groups excluding carboxylic acids is 2. The molecule has 6 nitrogen and oxygen atoms in total. The smallest absolute Gasteiger partial charge is 0.229 e. The average Bonchev–Trinajstić information content (AvgIpc) is 2.69. The molecule has 7 heteroatoms. The van der Waals surface area contributed by atoms with Crippen molar-refractivity contribution in [1.82, 2.24) is 9.80 Å². The van der Waals surface area contributed by atoms with Gasteiger partial charge in [-0.15, -0.1) is 0 Å². The van der Waals surface area contributed by atoms with Gasteiger partial charge in [0, 0.05) is 20.1 Å². The van der Waals surface area contributed by atoms with Crippen LogP contribution in [0, 0.1) is 5.92 Å². The molecule has 0 aliphatic carbocycles. The lowest BCUT2D eigenvalue weighted by molar-refractivity contribution is -0.134. The second-order valence-corrected chi connectivity index (χ2v) is 6.51. The van der Waals surface area contributed by atoms with Crippen molar-refractivity contribution in [2.45, 2.75) is 12.5 Å². The Bertz CT molecular complexity index is 637. The number of benzene rings is 1. The van der Waals surface area contributed by atoms with E-state index < -0.39 is 0 Å². The van der Waals surface area contributed by atoms with Gasteiger partial charge in [-0.3, -0.25) is 9.59 Å². The molecule has 1 aromatic rings. The molecule has 0 unspecified atom stereocenters. The minimum Gasteiger partial charge on any atom is -0.506 e. The van der Waals surface area contributed by atoms with Crippen LogP contribution < -0.4 is 0 Å². The van der Waals surface area contributed by atoms with Crippen molar-refractivity contribution in [1.29, 1.82) is 0 Å². The Morgan fingerprint density at radius 3 is 2.91 bits per heavy atom. The van der Waals surface area contributed by atoms with Gasteiger partial charge in [-0.2, -0.15) is 0 Å². The Balaban J connectivity index is 1.74. The van der Waals surface area contributed by atoms with E-state index in [0.29, 0.717) is 26.3 Å². The lowest BCUT2D eigenvalue weighted by Crippen LogP contribution is -2.45. The molecule has 1 aromatic carbocycles. The van der Waals surface area contributed by atoms with Crippen LogP contribution in [-0.2, 0) is 20.7 Å². The van der Waals surface area contributed by atoms with Crippen LogP contribution in [0.15, 0.2) is 18.2 Å². The van der Waals surface area contributed by atoms with Crippen LogP contribution in [0.25, 0.3) is 0 Å². The van der Waals surface area contributed by atoms with Gasteiger partial charge in [-0.1, -0.05) is 17.7 Å². The van der Waals surface area contributed by atoms with Crippen LogP contribution >= 0.6 is 11.6 Å². The van der Waals surface area contributed by atoms with Crippen LogP contribution in [0.5, 0.6) is 5.75 Å². The third kappa shape index (κ3) is 3.28. The second kappa shape index (κ2) is 6.37. The number of amides is 2. The van der Waals surface area contributed by atoms with Crippen molar-refractivity contribution in [3.63, 3.8) is 0 Å². The van der Waals surface area contributed by atoms with E-state index in [1.54, 1.807) is 29.0 Å². The molecule has 2 bridgehead atoms. The quantitative estimate of drug-likeness (QED) is 0.870. The van der Waals surface area contributed by atoms with Crippen molar-refractivity contribution >= 4 is 23.4 Å². The van der Waals surface area contributed by atoms with E-state index in [2.05, 4.69) is 0 Å². The number of aromatic hydroxyl groups is 1. The van der Waals surface area contributed by atoms with Crippen molar-refractivity contribution in [2.75, 3.05) is 33.4 Å². The number of phenolic OH excluding ortho intramolecular Hbond substituents is 1. The summed E-state index contributed by atoms with van der Waals surface area (Å²) in [6, 6.07) is 4.64. The van der Waals surface area contributed by atoms with Gasteiger partial charge >= 0.3 is 0 Å². The molecule has 3 rings (SSSR count). The van der Waals surface area contributed by atoms with E-state index >= 15 is 0 Å².